The highest BCUT2D eigenvalue weighted by molar-refractivity contribution is 14.1. The minimum absolute atomic E-state index is 0.180. The van der Waals surface area contributed by atoms with Gasteiger partial charge in [-0.05, 0) is 71.5 Å². The van der Waals surface area contributed by atoms with Gasteiger partial charge >= 0.3 is 0 Å². The van der Waals surface area contributed by atoms with Crippen molar-refractivity contribution in [1.82, 2.24) is 0 Å². The van der Waals surface area contributed by atoms with Gasteiger partial charge in [-0.2, -0.15) is 0 Å². The highest BCUT2D eigenvalue weighted by Gasteiger charge is 2.11. The lowest BCUT2D eigenvalue weighted by Crippen LogP contribution is -2.13. The van der Waals surface area contributed by atoms with Gasteiger partial charge in [0.2, 0.25) is 0 Å². The van der Waals surface area contributed by atoms with E-state index in [2.05, 4.69) is 27.9 Å². The fourth-order valence-corrected chi connectivity index (χ4v) is 2.59. The zero-order valence-corrected chi connectivity index (χ0v) is 14.2. The van der Waals surface area contributed by atoms with Crippen molar-refractivity contribution in [3.05, 3.63) is 51.1 Å². The molecule has 21 heavy (non-hydrogen) atoms. The highest BCUT2D eigenvalue weighted by atomic mass is 127. The summed E-state index contributed by atoms with van der Waals surface area (Å²) in [5.41, 5.74) is 2.34. The molecule has 0 bridgehead atoms. The third kappa shape index (κ3) is 3.66. The molecule has 0 saturated carbocycles. The number of carbonyl (C=O) groups is 1. The molecular weight excluding hydrogens is 381 g/mol. The second kappa shape index (κ2) is 6.80. The van der Waals surface area contributed by atoms with Gasteiger partial charge < -0.3 is 14.8 Å². The third-order valence-corrected chi connectivity index (χ3v) is 3.75. The minimum Gasteiger partial charge on any atom is -0.493 e. The van der Waals surface area contributed by atoms with Crippen molar-refractivity contribution in [2.75, 3.05) is 19.5 Å². The van der Waals surface area contributed by atoms with E-state index in [1.165, 1.54) is 0 Å². The number of rotatable bonds is 4. The van der Waals surface area contributed by atoms with Crippen molar-refractivity contribution in [3.8, 4) is 11.5 Å². The monoisotopic (exact) mass is 397 g/mol. The number of anilines is 1. The number of hydrogen-bond acceptors (Lipinski definition) is 3. The molecule has 110 valence electrons. The Morgan fingerprint density at radius 1 is 1.05 bits per heavy atom. The van der Waals surface area contributed by atoms with Gasteiger partial charge in [0.15, 0.2) is 11.5 Å². The predicted octanol–water partition coefficient (Wildman–Crippen LogP) is 3.87. The maximum Gasteiger partial charge on any atom is 0.255 e. The van der Waals surface area contributed by atoms with Crippen molar-refractivity contribution in [2.24, 2.45) is 0 Å². The van der Waals surface area contributed by atoms with Crippen LogP contribution >= 0.6 is 22.6 Å². The van der Waals surface area contributed by atoms with Gasteiger partial charge in [-0.25, -0.2) is 0 Å². The summed E-state index contributed by atoms with van der Waals surface area (Å²) in [7, 11) is 3.11. The van der Waals surface area contributed by atoms with Crippen LogP contribution in [-0.2, 0) is 0 Å². The zero-order chi connectivity index (χ0) is 15.4. The van der Waals surface area contributed by atoms with E-state index < -0.39 is 0 Å². The maximum atomic E-state index is 12.3. The molecule has 0 spiro atoms. The average Bonchev–Trinajstić information content (AvgIpc) is 2.49. The first-order chi connectivity index (χ1) is 10.0. The SMILES string of the molecule is COc1ccc(C(=O)Nc2ccc(I)cc2C)cc1OC. The van der Waals surface area contributed by atoms with Crippen LogP contribution in [-0.4, -0.2) is 20.1 Å². The lowest BCUT2D eigenvalue weighted by atomic mass is 10.1. The number of aryl methyl sites for hydroxylation is 1. The van der Waals surface area contributed by atoms with E-state index in [4.69, 9.17) is 9.47 Å². The van der Waals surface area contributed by atoms with E-state index in [-0.39, 0.29) is 5.91 Å². The van der Waals surface area contributed by atoms with E-state index >= 15 is 0 Å². The van der Waals surface area contributed by atoms with Gasteiger partial charge in [0.05, 0.1) is 14.2 Å². The Balaban J connectivity index is 2.24. The van der Waals surface area contributed by atoms with Crippen LogP contribution < -0.4 is 14.8 Å². The van der Waals surface area contributed by atoms with Crippen molar-refractivity contribution in [3.63, 3.8) is 0 Å². The van der Waals surface area contributed by atoms with E-state index in [0.717, 1.165) is 14.8 Å². The number of nitrogens with one attached hydrogen (secondary N) is 1. The normalized spacial score (nSPS) is 10.1. The molecule has 0 saturated heterocycles. The predicted molar refractivity (Wildman–Crippen MR) is 91.4 cm³/mol. The number of amides is 1. The quantitative estimate of drug-likeness (QED) is 0.797. The molecule has 4 nitrogen and oxygen atoms in total. The van der Waals surface area contributed by atoms with Gasteiger partial charge in [0.1, 0.15) is 0 Å². The summed E-state index contributed by atoms with van der Waals surface area (Å²) < 4.78 is 11.5. The standard InChI is InChI=1S/C16H16INO3/c1-10-8-12(17)5-6-13(10)18-16(19)11-4-7-14(20-2)15(9-11)21-3/h4-9H,1-3H3,(H,18,19). The molecule has 2 rings (SSSR count). The Hall–Kier alpha value is -1.76. The molecule has 0 atom stereocenters. The first-order valence-electron chi connectivity index (χ1n) is 6.34. The lowest BCUT2D eigenvalue weighted by Gasteiger charge is -2.11. The lowest BCUT2D eigenvalue weighted by molar-refractivity contribution is 0.102. The molecule has 1 N–H and O–H groups in total. The molecule has 0 aliphatic carbocycles. The second-order valence-corrected chi connectivity index (χ2v) is 5.73. The average molecular weight is 397 g/mol. The van der Waals surface area contributed by atoms with Crippen LogP contribution in [0.2, 0.25) is 0 Å². The smallest absolute Gasteiger partial charge is 0.255 e. The summed E-state index contributed by atoms with van der Waals surface area (Å²) >= 11 is 2.24. The van der Waals surface area contributed by atoms with Gasteiger partial charge in [-0.15, -0.1) is 0 Å². The summed E-state index contributed by atoms with van der Waals surface area (Å²) in [6, 6.07) is 11.0. The Morgan fingerprint density at radius 3 is 2.38 bits per heavy atom. The number of benzene rings is 2. The van der Waals surface area contributed by atoms with E-state index in [1.807, 2.05) is 25.1 Å². The molecule has 2 aromatic rings. The van der Waals surface area contributed by atoms with Crippen LogP contribution in [0.15, 0.2) is 36.4 Å². The third-order valence-electron chi connectivity index (χ3n) is 3.08. The summed E-state index contributed by atoms with van der Waals surface area (Å²) in [5.74, 6) is 0.948. The van der Waals surface area contributed by atoms with Crippen LogP contribution in [0, 0.1) is 10.5 Å². The Kier molecular flexibility index (Phi) is 5.06. The molecule has 2 aromatic carbocycles. The van der Waals surface area contributed by atoms with Crippen molar-refractivity contribution in [2.45, 2.75) is 6.92 Å². The van der Waals surface area contributed by atoms with Crippen LogP contribution in [0.1, 0.15) is 15.9 Å². The molecule has 0 unspecified atom stereocenters. The minimum atomic E-state index is -0.180. The largest absolute Gasteiger partial charge is 0.493 e. The highest BCUT2D eigenvalue weighted by Crippen LogP contribution is 2.28. The molecule has 0 heterocycles. The van der Waals surface area contributed by atoms with E-state index in [0.29, 0.717) is 17.1 Å². The van der Waals surface area contributed by atoms with Gasteiger partial charge in [0, 0.05) is 14.8 Å². The summed E-state index contributed by atoms with van der Waals surface area (Å²) in [5, 5.41) is 2.90. The Bertz CT molecular complexity index is 671. The molecule has 0 fully saturated rings. The molecular formula is C16H16INO3. The second-order valence-electron chi connectivity index (χ2n) is 4.48. The summed E-state index contributed by atoms with van der Waals surface area (Å²) in [6.07, 6.45) is 0. The number of ether oxygens (including phenoxy) is 2. The first-order valence-corrected chi connectivity index (χ1v) is 7.42. The molecule has 0 radical (unpaired) electrons. The number of carbonyl (C=O) groups excluding carboxylic acids is 1. The molecule has 0 aliphatic rings. The van der Waals surface area contributed by atoms with Crippen LogP contribution in [0.5, 0.6) is 11.5 Å². The summed E-state index contributed by atoms with van der Waals surface area (Å²) in [6.45, 7) is 1.96. The van der Waals surface area contributed by atoms with Crippen molar-refractivity contribution >= 4 is 34.2 Å². The van der Waals surface area contributed by atoms with Crippen LogP contribution in [0.25, 0.3) is 0 Å². The first kappa shape index (κ1) is 15.6. The Morgan fingerprint density at radius 2 is 1.76 bits per heavy atom. The molecule has 0 aliphatic heterocycles. The fourth-order valence-electron chi connectivity index (χ4n) is 1.94. The van der Waals surface area contributed by atoms with E-state index in [9.17, 15) is 4.79 Å². The zero-order valence-electron chi connectivity index (χ0n) is 12.1. The van der Waals surface area contributed by atoms with Crippen molar-refractivity contribution < 1.29 is 14.3 Å². The molecule has 1 amide bonds. The van der Waals surface area contributed by atoms with Crippen LogP contribution in [0.3, 0.4) is 0 Å². The molecule has 0 aromatic heterocycles. The molecule has 5 heteroatoms. The van der Waals surface area contributed by atoms with Crippen LogP contribution in [0.4, 0.5) is 5.69 Å². The number of hydrogen-bond donors (Lipinski definition) is 1. The van der Waals surface area contributed by atoms with Crippen molar-refractivity contribution in [1.29, 1.82) is 0 Å². The van der Waals surface area contributed by atoms with Gasteiger partial charge in [-0.1, -0.05) is 0 Å². The maximum absolute atomic E-state index is 12.3. The van der Waals surface area contributed by atoms with E-state index in [1.54, 1.807) is 32.4 Å². The number of halogens is 1. The summed E-state index contributed by atoms with van der Waals surface area (Å²) in [4.78, 5) is 12.3. The topological polar surface area (TPSA) is 47.6 Å². The van der Waals surface area contributed by atoms with Gasteiger partial charge in [-0.3, -0.25) is 4.79 Å². The van der Waals surface area contributed by atoms with Gasteiger partial charge in [0.25, 0.3) is 5.91 Å². The Labute approximate surface area is 137 Å². The number of methoxy groups -OCH3 is 2. The fraction of sp³-hybridized carbons (Fsp3) is 0.188.